The highest BCUT2D eigenvalue weighted by Crippen LogP contribution is 2.22. The first-order valence-corrected chi connectivity index (χ1v) is 5.20. The zero-order valence-corrected chi connectivity index (χ0v) is 8.89. The van der Waals surface area contributed by atoms with Gasteiger partial charge in [0, 0.05) is 26.2 Å². The van der Waals surface area contributed by atoms with E-state index in [1.54, 1.807) is 15.8 Å². The maximum absolute atomic E-state index is 11.7. The molecular weight excluding hydrogens is 192 g/mol. The van der Waals surface area contributed by atoms with Crippen LogP contribution in [0.1, 0.15) is 12.8 Å². The lowest BCUT2D eigenvalue weighted by Crippen LogP contribution is -2.42. The summed E-state index contributed by atoms with van der Waals surface area (Å²) in [7, 11) is 1.85. The highest BCUT2D eigenvalue weighted by atomic mass is 16.2. The summed E-state index contributed by atoms with van der Waals surface area (Å²) in [5, 5.41) is 4.07. The van der Waals surface area contributed by atoms with Crippen LogP contribution in [0.15, 0.2) is 12.4 Å². The first-order valence-electron chi connectivity index (χ1n) is 5.20. The molecule has 1 aliphatic rings. The number of hydrogen-bond donors (Lipinski definition) is 1. The molecule has 0 bridgehead atoms. The Balaban J connectivity index is 2.15. The van der Waals surface area contributed by atoms with E-state index in [-0.39, 0.29) is 5.91 Å². The average molecular weight is 208 g/mol. The molecule has 0 radical (unpaired) electrons. The number of hydrogen-bond acceptors (Lipinski definition) is 3. The van der Waals surface area contributed by atoms with Crippen LogP contribution in [0, 0.1) is 5.92 Å². The molecule has 5 heteroatoms. The number of piperidine rings is 1. The quantitative estimate of drug-likeness (QED) is 0.751. The lowest BCUT2D eigenvalue weighted by Gasteiger charge is -2.30. The van der Waals surface area contributed by atoms with Gasteiger partial charge in [0.05, 0.1) is 11.9 Å². The summed E-state index contributed by atoms with van der Waals surface area (Å²) in [5.74, 6) is 0.593. The Bertz CT molecular complexity index is 360. The molecule has 0 aromatic carbocycles. The molecule has 1 aromatic rings. The van der Waals surface area contributed by atoms with Crippen LogP contribution in [0.2, 0.25) is 0 Å². The summed E-state index contributed by atoms with van der Waals surface area (Å²) in [5.41, 5.74) is 6.51. The maximum atomic E-state index is 11.7. The zero-order valence-electron chi connectivity index (χ0n) is 8.89. The molecule has 1 amide bonds. The number of aromatic nitrogens is 2. The first kappa shape index (κ1) is 10.2. The van der Waals surface area contributed by atoms with Crippen LogP contribution in [0.25, 0.3) is 0 Å². The van der Waals surface area contributed by atoms with E-state index in [1.165, 1.54) is 0 Å². The number of rotatable bonds is 2. The van der Waals surface area contributed by atoms with Gasteiger partial charge in [0.15, 0.2) is 0 Å². The predicted molar refractivity (Wildman–Crippen MR) is 57.3 cm³/mol. The topological polar surface area (TPSA) is 64.2 Å². The molecule has 2 heterocycles. The molecule has 1 aromatic heterocycles. The third kappa shape index (κ3) is 2.02. The number of carbonyl (C=O) groups is 1. The van der Waals surface area contributed by atoms with Crippen molar-refractivity contribution in [1.29, 1.82) is 0 Å². The smallest absolute Gasteiger partial charge is 0.227 e. The van der Waals surface area contributed by atoms with Crippen molar-refractivity contribution in [2.75, 3.05) is 18.0 Å². The van der Waals surface area contributed by atoms with Crippen LogP contribution in [0.4, 0.5) is 5.69 Å². The number of amides is 1. The van der Waals surface area contributed by atoms with E-state index in [0.29, 0.717) is 18.9 Å². The normalized spacial score (nSPS) is 22.1. The van der Waals surface area contributed by atoms with E-state index in [0.717, 1.165) is 18.7 Å². The fourth-order valence-corrected chi connectivity index (χ4v) is 1.90. The lowest BCUT2D eigenvalue weighted by atomic mass is 9.97. The summed E-state index contributed by atoms with van der Waals surface area (Å²) < 4.78 is 1.70. The van der Waals surface area contributed by atoms with Gasteiger partial charge in [0.1, 0.15) is 0 Å². The lowest BCUT2D eigenvalue weighted by molar-refractivity contribution is -0.120. The van der Waals surface area contributed by atoms with E-state index < -0.39 is 0 Å². The first-order chi connectivity index (χ1) is 7.20. The van der Waals surface area contributed by atoms with E-state index in [4.69, 9.17) is 5.73 Å². The Labute approximate surface area is 88.8 Å². The van der Waals surface area contributed by atoms with Crippen molar-refractivity contribution in [3.8, 4) is 0 Å². The Kier molecular flexibility index (Phi) is 2.73. The van der Waals surface area contributed by atoms with Crippen LogP contribution < -0.4 is 10.6 Å². The summed E-state index contributed by atoms with van der Waals surface area (Å²) in [6, 6.07) is 0. The number of anilines is 1. The Morgan fingerprint density at radius 2 is 2.47 bits per heavy atom. The molecule has 1 saturated heterocycles. The van der Waals surface area contributed by atoms with Crippen LogP contribution in [-0.4, -0.2) is 28.8 Å². The van der Waals surface area contributed by atoms with Crippen LogP contribution in [-0.2, 0) is 11.8 Å². The van der Waals surface area contributed by atoms with Gasteiger partial charge < -0.3 is 10.6 Å². The van der Waals surface area contributed by atoms with Crippen molar-refractivity contribution in [2.24, 2.45) is 18.7 Å². The molecule has 0 saturated carbocycles. The van der Waals surface area contributed by atoms with Gasteiger partial charge in [0.25, 0.3) is 0 Å². The molecule has 1 unspecified atom stereocenters. The van der Waals surface area contributed by atoms with Crippen molar-refractivity contribution in [2.45, 2.75) is 12.8 Å². The van der Waals surface area contributed by atoms with Crippen molar-refractivity contribution in [3.63, 3.8) is 0 Å². The second-order valence-electron chi connectivity index (χ2n) is 4.02. The molecule has 2 rings (SSSR count). The van der Waals surface area contributed by atoms with E-state index in [9.17, 15) is 4.79 Å². The van der Waals surface area contributed by atoms with Gasteiger partial charge in [-0.05, 0) is 18.9 Å². The molecule has 0 aliphatic carbocycles. The summed E-state index contributed by atoms with van der Waals surface area (Å²) >= 11 is 0. The standard InChI is InChI=1S/C10H16N4O/c1-13-7-9(5-12-13)14-6-8(4-11)2-3-10(14)15/h5,7-8H,2-4,6,11H2,1H3. The fourth-order valence-electron chi connectivity index (χ4n) is 1.90. The minimum Gasteiger partial charge on any atom is -0.330 e. The average Bonchev–Trinajstić information content (AvgIpc) is 2.65. The number of carbonyl (C=O) groups excluding carboxylic acids is 1. The SMILES string of the molecule is Cn1cc(N2CC(CN)CCC2=O)cn1. The van der Waals surface area contributed by atoms with Gasteiger partial charge in [-0.3, -0.25) is 9.48 Å². The predicted octanol–water partition coefficient (Wildman–Crippen LogP) is 0.122. The van der Waals surface area contributed by atoms with Gasteiger partial charge in [-0.2, -0.15) is 5.10 Å². The molecular formula is C10H16N4O. The van der Waals surface area contributed by atoms with Gasteiger partial charge in [-0.25, -0.2) is 0 Å². The molecule has 5 nitrogen and oxygen atoms in total. The van der Waals surface area contributed by atoms with Crippen LogP contribution in [0.5, 0.6) is 0 Å². The fraction of sp³-hybridized carbons (Fsp3) is 0.600. The summed E-state index contributed by atoms with van der Waals surface area (Å²) in [6.07, 6.45) is 5.08. The zero-order chi connectivity index (χ0) is 10.8. The van der Waals surface area contributed by atoms with E-state index in [2.05, 4.69) is 5.10 Å². The maximum Gasteiger partial charge on any atom is 0.227 e. The van der Waals surface area contributed by atoms with Crippen LogP contribution >= 0.6 is 0 Å². The minimum absolute atomic E-state index is 0.174. The molecule has 1 atom stereocenters. The second kappa shape index (κ2) is 4.02. The number of nitrogens with two attached hydrogens (primary N) is 1. The van der Waals surface area contributed by atoms with Crippen LogP contribution in [0.3, 0.4) is 0 Å². The largest absolute Gasteiger partial charge is 0.330 e. The third-order valence-electron chi connectivity index (χ3n) is 2.84. The van der Waals surface area contributed by atoms with Crippen molar-refractivity contribution in [3.05, 3.63) is 12.4 Å². The Morgan fingerprint density at radius 3 is 3.07 bits per heavy atom. The Morgan fingerprint density at radius 1 is 1.67 bits per heavy atom. The molecule has 1 aliphatic heterocycles. The van der Waals surface area contributed by atoms with Gasteiger partial charge in [-0.15, -0.1) is 0 Å². The molecule has 82 valence electrons. The monoisotopic (exact) mass is 208 g/mol. The number of aryl methyl sites for hydroxylation is 1. The summed E-state index contributed by atoms with van der Waals surface area (Å²) in [6.45, 7) is 1.37. The highest BCUT2D eigenvalue weighted by Gasteiger charge is 2.26. The van der Waals surface area contributed by atoms with Gasteiger partial charge in [-0.1, -0.05) is 0 Å². The second-order valence-corrected chi connectivity index (χ2v) is 4.02. The molecule has 1 fully saturated rings. The minimum atomic E-state index is 0.174. The highest BCUT2D eigenvalue weighted by molar-refractivity contribution is 5.93. The van der Waals surface area contributed by atoms with Crippen molar-refractivity contribution in [1.82, 2.24) is 9.78 Å². The molecule has 0 spiro atoms. The van der Waals surface area contributed by atoms with Gasteiger partial charge >= 0.3 is 0 Å². The van der Waals surface area contributed by atoms with Crippen molar-refractivity contribution >= 4 is 11.6 Å². The number of nitrogens with zero attached hydrogens (tertiary/aromatic N) is 3. The van der Waals surface area contributed by atoms with E-state index >= 15 is 0 Å². The Hall–Kier alpha value is -1.36. The summed E-state index contributed by atoms with van der Waals surface area (Å²) in [4.78, 5) is 13.5. The molecule has 2 N–H and O–H groups in total. The van der Waals surface area contributed by atoms with Crippen molar-refractivity contribution < 1.29 is 4.79 Å². The van der Waals surface area contributed by atoms with E-state index in [1.807, 2.05) is 13.2 Å². The third-order valence-corrected chi connectivity index (χ3v) is 2.84. The molecule has 15 heavy (non-hydrogen) atoms. The van der Waals surface area contributed by atoms with Gasteiger partial charge in [0.2, 0.25) is 5.91 Å².